The zero-order valence-electron chi connectivity index (χ0n) is 46.1. The minimum absolute atomic E-state index is 0.0836. The number of allylic oxidation sites excluding steroid dienone is 4. The van der Waals surface area contributed by atoms with Crippen molar-refractivity contribution in [2.75, 3.05) is 19.8 Å². The largest absolute Gasteiger partial charge is 0.509 e. The molecule has 2 aliphatic heterocycles. The summed E-state index contributed by atoms with van der Waals surface area (Å²) >= 11 is 0. The Morgan fingerprint density at radius 3 is 2.20 bits per heavy atom. The van der Waals surface area contributed by atoms with Gasteiger partial charge in [-0.25, -0.2) is 14.4 Å². The van der Waals surface area contributed by atoms with E-state index in [1.165, 1.54) is 47.0 Å². The number of esters is 2. The van der Waals surface area contributed by atoms with E-state index in [0.717, 1.165) is 58.3 Å². The Bertz CT molecular complexity index is 2260. The topological polar surface area (TPSA) is 252 Å². The van der Waals surface area contributed by atoms with Gasteiger partial charge in [-0.15, -0.1) is 0 Å². The van der Waals surface area contributed by atoms with Crippen LogP contribution in [0, 0.1) is 16.7 Å². The minimum atomic E-state index is -2.38. The lowest BCUT2D eigenvalue weighted by molar-refractivity contribution is -0.346. The Morgan fingerprint density at radius 2 is 1.57 bits per heavy atom. The highest BCUT2D eigenvalue weighted by Crippen LogP contribution is 2.63. The molecule has 1 amide bonds. The summed E-state index contributed by atoms with van der Waals surface area (Å²) in [6.45, 7) is 13.8. The predicted octanol–water partition coefficient (Wildman–Crippen LogP) is 8.11. The minimum Gasteiger partial charge on any atom is -0.455 e. The van der Waals surface area contributed by atoms with Gasteiger partial charge in [-0.1, -0.05) is 114 Å². The predicted molar refractivity (Wildman–Crippen MR) is 278 cm³/mol. The van der Waals surface area contributed by atoms with E-state index in [1.54, 1.807) is 51.1 Å². The maximum absolute atomic E-state index is 14.9. The fourth-order valence-corrected chi connectivity index (χ4v) is 11.9. The number of ketones is 1. The quantitative estimate of drug-likeness (QED) is 0.0300. The summed E-state index contributed by atoms with van der Waals surface area (Å²) in [6.07, 6.45) is 7.66. The molecular formula is C58H85NO17. The smallest absolute Gasteiger partial charge is 0.455 e. The first kappa shape index (κ1) is 60.5. The van der Waals surface area contributed by atoms with Gasteiger partial charge >= 0.3 is 24.2 Å². The van der Waals surface area contributed by atoms with Crippen LogP contribution in [0.2, 0.25) is 0 Å². The van der Waals surface area contributed by atoms with E-state index < -0.39 is 125 Å². The van der Waals surface area contributed by atoms with Crippen LogP contribution in [-0.2, 0) is 52.3 Å². The molecule has 18 nitrogen and oxygen atoms in total. The Morgan fingerprint density at radius 1 is 0.908 bits per heavy atom. The normalized spacial score (nSPS) is 31.8. The lowest BCUT2D eigenvalue weighted by Crippen LogP contribution is -2.81. The number of aliphatic hydroxyl groups excluding tert-OH is 3. The summed E-state index contributed by atoms with van der Waals surface area (Å²) < 4.78 is 46.6. The monoisotopic (exact) mass is 1070 g/mol. The summed E-state index contributed by atoms with van der Waals surface area (Å²) in [5.74, 6) is -4.46. The third-order valence-corrected chi connectivity index (χ3v) is 16.1. The summed E-state index contributed by atoms with van der Waals surface area (Å²) in [6, 6.07) is 6.67. The first-order chi connectivity index (χ1) is 35.9. The van der Waals surface area contributed by atoms with Crippen molar-refractivity contribution in [3.63, 3.8) is 0 Å². The standard InChI is InChI=1S/C58H85NO17/c1-10-11-12-13-14-15-16-17-18-19-20-21-22-23-27-30-43-69-33-39(72-43)34-70-53(67)74-47(45(38-28-25-24-26-29-38)59-52(66)76-54(4,5)6)51(65)73-40-32-58(68)50(64)48-56(9,49(63)46(62)44(36(40)2)55(58,7)8)41(61)31-42-57(48,35-71-42)75-37(3)60/h13-14,16-17,24-26,28-29,39-43,45-48,50,61-62,64,68H,10-12,15,18-23,27,30-35H2,1-9H3,(H,59,66)/b14-13-,17-16-/t39?,40-,41-,42+,43?,45-,46+,47+,48-,50-,56+,57-,58+/m0/s1. The number of amides is 1. The Labute approximate surface area is 448 Å². The van der Waals surface area contributed by atoms with Crippen molar-refractivity contribution in [1.29, 1.82) is 0 Å². The lowest BCUT2D eigenvalue weighted by Gasteiger charge is -2.67. The van der Waals surface area contributed by atoms with Crippen molar-refractivity contribution in [3.05, 3.63) is 71.3 Å². The number of carbonyl (C=O) groups is 5. The number of hydrogen-bond acceptors (Lipinski definition) is 17. The number of rotatable bonds is 23. The van der Waals surface area contributed by atoms with Crippen LogP contribution in [0.25, 0.3) is 0 Å². The summed E-state index contributed by atoms with van der Waals surface area (Å²) in [5, 5.41) is 52.3. The molecule has 2 bridgehead atoms. The molecule has 2 unspecified atom stereocenters. The van der Waals surface area contributed by atoms with E-state index in [4.69, 9.17) is 37.9 Å². The van der Waals surface area contributed by atoms with Crippen LogP contribution in [0.4, 0.5) is 9.59 Å². The third-order valence-electron chi connectivity index (χ3n) is 16.1. The van der Waals surface area contributed by atoms with Crippen LogP contribution in [0.15, 0.2) is 65.8 Å². The maximum atomic E-state index is 14.9. The average Bonchev–Trinajstić information content (AvgIpc) is 3.91. The molecule has 1 aromatic rings. The molecule has 2 heterocycles. The van der Waals surface area contributed by atoms with Crippen molar-refractivity contribution in [3.8, 4) is 0 Å². The van der Waals surface area contributed by atoms with Crippen LogP contribution in [0.1, 0.15) is 164 Å². The molecule has 6 rings (SSSR count). The highest BCUT2D eigenvalue weighted by molar-refractivity contribution is 5.93. The molecule has 4 fully saturated rings. The van der Waals surface area contributed by atoms with Gasteiger partial charge in [0, 0.05) is 31.1 Å². The molecule has 0 radical (unpaired) electrons. The van der Waals surface area contributed by atoms with E-state index in [9.17, 15) is 44.4 Å². The second-order valence-corrected chi connectivity index (χ2v) is 23.0. The van der Waals surface area contributed by atoms with E-state index >= 15 is 0 Å². The number of aliphatic hydroxyl groups is 4. The van der Waals surface area contributed by atoms with Crippen molar-refractivity contribution in [1.82, 2.24) is 5.32 Å². The highest BCUT2D eigenvalue weighted by atomic mass is 16.8. The number of alkyl carbamates (subject to hydrolysis) is 1. The number of hydrogen-bond donors (Lipinski definition) is 5. The average molecular weight is 1070 g/mol. The van der Waals surface area contributed by atoms with Gasteiger partial charge in [-0.3, -0.25) is 9.59 Å². The van der Waals surface area contributed by atoms with Crippen LogP contribution >= 0.6 is 0 Å². The van der Waals surface area contributed by atoms with E-state index in [2.05, 4.69) is 36.5 Å². The number of unbranched alkanes of at least 4 members (excludes halogenated alkanes) is 8. The molecule has 0 aromatic heterocycles. The van der Waals surface area contributed by atoms with Gasteiger partial charge in [-0.2, -0.15) is 0 Å². The van der Waals surface area contributed by atoms with Gasteiger partial charge in [0.1, 0.15) is 48.3 Å². The SMILES string of the molecule is CCCC/C=C\C/C=C\CCCCCCCCC1OCC(COC(=O)O[C@@H](C(=O)O[C@H]2C[C@@]3(O)[C@@H](O)[C@@H]4[C@]5(OC(C)=O)CO[C@@H]5C[C@H](O)[C@@]4(C)C(=O)[C@H](O)C(=C2C)C3(C)C)[C@@H](NC(=O)OC(C)(C)C)c2ccccc2)O1. The molecule has 1 aromatic carbocycles. The number of nitrogens with one attached hydrogen (secondary N) is 1. The fraction of sp³-hybridized carbons (Fsp3) is 0.707. The first-order valence-electron chi connectivity index (χ1n) is 27.4. The van der Waals surface area contributed by atoms with E-state index in [1.807, 2.05) is 0 Å². The van der Waals surface area contributed by atoms with Crippen molar-refractivity contribution in [2.45, 2.75) is 224 Å². The molecule has 76 heavy (non-hydrogen) atoms. The molecule has 18 heteroatoms. The molecule has 424 valence electrons. The molecule has 5 N–H and O–H groups in total. The molecule has 2 saturated carbocycles. The molecule has 0 spiro atoms. The third kappa shape index (κ3) is 13.6. The zero-order chi connectivity index (χ0) is 55.6. The second kappa shape index (κ2) is 25.8. The van der Waals surface area contributed by atoms with Crippen LogP contribution < -0.4 is 5.32 Å². The Balaban J connectivity index is 1.16. The van der Waals surface area contributed by atoms with Crippen LogP contribution in [0.3, 0.4) is 0 Å². The Kier molecular flexibility index (Phi) is 20.6. The number of Topliss-reactive ketones (excluding diaryl/α,β-unsaturated/α-hetero) is 1. The van der Waals surface area contributed by atoms with Crippen molar-refractivity contribution in [2.24, 2.45) is 16.7 Å². The van der Waals surface area contributed by atoms with Gasteiger partial charge in [-0.05, 0) is 89.9 Å². The second-order valence-electron chi connectivity index (χ2n) is 23.0. The van der Waals surface area contributed by atoms with Gasteiger partial charge in [0.2, 0.25) is 6.10 Å². The molecule has 2 saturated heterocycles. The first-order valence-corrected chi connectivity index (χ1v) is 27.4. The fourth-order valence-electron chi connectivity index (χ4n) is 11.9. The van der Waals surface area contributed by atoms with E-state index in [0.29, 0.717) is 6.42 Å². The number of ether oxygens (including phenoxy) is 8. The number of fused-ring (bicyclic) bond motifs is 5. The molecule has 5 aliphatic rings. The summed E-state index contributed by atoms with van der Waals surface area (Å²) in [7, 11) is 0. The van der Waals surface area contributed by atoms with Crippen molar-refractivity contribution >= 4 is 30.0 Å². The van der Waals surface area contributed by atoms with Crippen molar-refractivity contribution < 1.29 is 82.3 Å². The Hall–Kier alpha value is -4.69. The molecular weight excluding hydrogens is 983 g/mol. The molecule has 13 atom stereocenters. The van der Waals surface area contributed by atoms with Gasteiger partial charge in [0.25, 0.3) is 0 Å². The summed E-state index contributed by atoms with van der Waals surface area (Å²) in [4.78, 5) is 69.7. The van der Waals surface area contributed by atoms with E-state index in [-0.39, 0.29) is 43.0 Å². The van der Waals surface area contributed by atoms with Gasteiger partial charge < -0.3 is 63.6 Å². The number of carbonyl (C=O) groups excluding carboxylic acids is 5. The lowest BCUT2D eigenvalue weighted by atomic mass is 9.44. The van der Waals surface area contributed by atoms with Gasteiger partial charge in [0.15, 0.2) is 17.7 Å². The van der Waals surface area contributed by atoms with Gasteiger partial charge in [0.05, 0.1) is 30.8 Å². The highest BCUT2D eigenvalue weighted by Gasteiger charge is 2.77. The van der Waals surface area contributed by atoms with Crippen LogP contribution in [-0.4, -0.2) is 136 Å². The van der Waals surface area contributed by atoms with Crippen LogP contribution in [0.5, 0.6) is 0 Å². The zero-order valence-corrected chi connectivity index (χ0v) is 46.1. The maximum Gasteiger partial charge on any atom is 0.509 e. The summed E-state index contributed by atoms with van der Waals surface area (Å²) in [5.41, 5.74) is -8.34. The number of benzene rings is 1. The molecule has 3 aliphatic carbocycles.